The molecule has 0 fully saturated rings. The predicted octanol–water partition coefficient (Wildman–Crippen LogP) is 4.18. The van der Waals surface area contributed by atoms with Crippen LogP contribution < -0.4 is 4.74 Å². The molecule has 2 aromatic carbocycles. The Bertz CT molecular complexity index is 946. The zero-order valence-corrected chi connectivity index (χ0v) is 14.5. The second-order valence-electron chi connectivity index (χ2n) is 5.02. The maximum atomic E-state index is 5.43. The predicted molar refractivity (Wildman–Crippen MR) is 97.1 cm³/mol. The number of rotatable bonds is 5. The largest absolute Gasteiger partial charge is 0.495 e. The number of aromatic nitrogens is 4. The van der Waals surface area contributed by atoms with Crippen LogP contribution in [-0.2, 0) is 5.75 Å². The summed E-state index contributed by atoms with van der Waals surface area (Å²) in [5.41, 5.74) is 1.97. The van der Waals surface area contributed by atoms with Crippen molar-refractivity contribution in [2.75, 3.05) is 7.11 Å². The molecule has 0 N–H and O–H groups in total. The van der Waals surface area contributed by atoms with Crippen molar-refractivity contribution in [3.8, 4) is 11.4 Å². The van der Waals surface area contributed by atoms with Crippen LogP contribution in [-0.4, -0.2) is 26.9 Å². The maximum Gasteiger partial charge on any atom is 0.196 e. The Hall–Kier alpha value is -2.38. The van der Waals surface area contributed by atoms with Crippen LogP contribution >= 0.6 is 23.1 Å². The van der Waals surface area contributed by atoms with Crippen molar-refractivity contribution in [3.63, 3.8) is 0 Å². The minimum Gasteiger partial charge on any atom is -0.495 e. The van der Waals surface area contributed by atoms with Crippen LogP contribution in [0, 0.1) is 0 Å². The molecule has 0 aliphatic rings. The van der Waals surface area contributed by atoms with Gasteiger partial charge >= 0.3 is 0 Å². The third-order valence-electron chi connectivity index (χ3n) is 3.52. The summed E-state index contributed by atoms with van der Waals surface area (Å²) < 4.78 is 8.58. The first-order valence-corrected chi connectivity index (χ1v) is 9.16. The lowest BCUT2D eigenvalue weighted by molar-refractivity contribution is 0.412. The van der Waals surface area contributed by atoms with E-state index in [1.807, 2.05) is 47.0 Å². The SMILES string of the molecule is COc1ccccc1-n1cnnc1SCc1nc2ccccc2s1. The van der Waals surface area contributed by atoms with E-state index in [2.05, 4.69) is 21.2 Å². The Labute approximate surface area is 147 Å². The van der Waals surface area contributed by atoms with Crippen molar-refractivity contribution in [3.05, 3.63) is 59.9 Å². The fourth-order valence-electron chi connectivity index (χ4n) is 2.42. The number of fused-ring (bicyclic) bond motifs is 1. The van der Waals surface area contributed by atoms with Crippen LogP contribution in [0.3, 0.4) is 0 Å². The first kappa shape index (κ1) is 15.2. The van der Waals surface area contributed by atoms with Crippen LogP contribution in [0.15, 0.2) is 60.0 Å². The smallest absolute Gasteiger partial charge is 0.196 e. The number of thioether (sulfide) groups is 1. The lowest BCUT2D eigenvalue weighted by Crippen LogP contribution is -1.98. The summed E-state index contributed by atoms with van der Waals surface area (Å²) in [7, 11) is 1.66. The van der Waals surface area contributed by atoms with Crippen LogP contribution in [0.5, 0.6) is 5.75 Å². The topological polar surface area (TPSA) is 52.8 Å². The van der Waals surface area contributed by atoms with Gasteiger partial charge in [-0.2, -0.15) is 0 Å². The highest BCUT2D eigenvalue weighted by Crippen LogP contribution is 2.30. The summed E-state index contributed by atoms with van der Waals surface area (Å²) in [5.74, 6) is 1.55. The Morgan fingerprint density at radius 3 is 2.83 bits per heavy atom. The highest BCUT2D eigenvalue weighted by atomic mass is 32.2. The van der Waals surface area contributed by atoms with E-state index in [0.717, 1.165) is 32.9 Å². The van der Waals surface area contributed by atoms with Gasteiger partial charge in [0.15, 0.2) is 5.16 Å². The number of benzene rings is 2. The molecule has 4 aromatic rings. The zero-order chi connectivity index (χ0) is 16.4. The van der Waals surface area contributed by atoms with Gasteiger partial charge in [0.25, 0.3) is 0 Å². The molecule has 0 saturated carbocycles. The average Bonchev–Trinajstić information content (AvgIpc) is 3.26. The molecule has 0 saturated heterocycles. The molecule has 5 nitrogen and oxygen atoms in total. The standard InChI is InChI=1S/C17H14N4OS2/c1-22-14-8-4-3-7-13(14)21-11-18-20-17(21)23-10-16-19-12-6-2-5-9-15(12)24-16/h2-9,11H,10H2,1H3. The summed E-state index contributed by atoms with van der Waals surface area (Å²) in [5, 5.41) is 10.2. The van der Waals surface area contributed by atoms with E-state index in [9.17, 15) is 0 Å². The molecule has 0 bridgehead atoms. The van der Waals surface area contributed by atoms with Crippen LogP contribution in [0.25, 0.3) is 15.9 Å². The first-order chi connectivity index (χ1) is 11.8. The van der Waals surface area contributed by atoms with Crippen molar-refractivity contribution >= 4 is 33.3 Å². The minimum absolute atomic E-state index is 0.757. The van der Waals surface area contributed by atoms with Gasteiger partial charge in [-0.05, 0) is 24.3 Å². The highest BCUT2D eigenvalue weighted by Gasteiger charge is 2.12. The molecular formula is C17H14N4OS2. The summed E-state index contributed by atoms with van der Waals surface area (Å²) in [4.78, 5) is 4.66. The molecule has 0 radical (unpaired) electrons. The number of hydrogen-bond donors (Lipinski definition) is 0. The molecular weight excluding hydrogens is 340 g/mol. The van der Waals surface area contributed by atoms with E-state index in [1.54, 1.807) is 36.5 Å². The monoisotopic (exact) mass is 354 g/mol. The third kappa shape index (κ3) is 2.88. The zero-order valence-electron chi connectivity index (χ0n) is 12.9. The van der Waals surface area contributed by atoms with Crippen molar-refractivity contribution in [2.45, 2.75) is 10.9 Å². The van der Waals surface area contributed by atoms with Crippen LogP contribution in [0.2, 0.25) is 0 Å². The summed E-state index contributed by atoms with van der Waals surface area (Å²) >= 11 is 3.33. The third-order valence-corrected chi connectivity index (χ3v) is 5.70. The lowest BCUT2D eigenvalue weighted by atomic mass is 10.3. The Balaban J connectivity index is 1.59. The number of methoxy groups -OCH3 is 1. The van der Waals surface area contributed by atoms with E-state index >= 15 is 0 Å². The van der Waals surface area contributed by atoms with E-state index in [1.165, 1.54) is 4.70 Å². The van der Waals surface area contributed by atoms with Crippen molar-refractivity contribution in [2.24, 2.45) is 0 Å². The molecule has 4 rings (SSSR count). The average molecular weight is 354 g/mol. The summed E-state index contributed by atoms with van der Waals surface area (Å²) in [6.45, 7) is 0. The molecule has 0 aliphatic heterocycles. The number of ether oxygens (including phenoxy) is 1. The van der Waals surface area contributed by atoms with Gasteiger partial charge in [-0.25, -0.2) is 4.98 Å². The summed E-state index contributed by atoms with van der Waals surface area (Å²) in [6, 6.07) is 16.0. The number of nitrogens with zero attached hydrogens (tertiary/aromatic N) is 4. The molecule has 0 aliphatic carbocycles. The van der Waals surface area contributed by atoms with Gasteiger partial charge in [-0.1, -0.05) is 36.0 Å². The fraction of sp³-hybridized carbons (Fsp3) is 0.118. The molecule has 0 atom stereocenters. The van der Waals surface area contributed by atoms with Gasteiger partial charge in [0, 0.05) is 0 Å². The molecule has 0 spiro atoms. The van der Waals surface area contributed by atoms with Gasteiger partial charge in [-0.15, -0.1) is 21.5 Å². The second kappa shape index (κ2) is 6.62. The molecule has 24 heavy (non-hydrogen) atoms. The van der Waals surface area contributed by atoms with Crippen LogP contribution in [0.4, 0.5) is 0 Å². The van der Waals surface area contributed by atoms with E-state index in [4.69, 9.17) is 4.74 Å². The van der Waals surface area contributed by atoms with Crippen molar-refractivity contribution in [1.29, 1.82) is 0 Å². The molecule has 2 aromatic heterocycles. The summed E-state index contributed by atoms with van der Waals surface area (Å²) in [6.07, 6.45) is 1.71. The number of hydrogen-bond acceptors (Lipinski definition) is 6. The molecule has 0 unspecified atom stereocenters. The van der Waals surface area contributed by atoms with E-state index < -0.39 is 0 Å². The Morgan fingerprint density at radius 1 is 1.12 bits per heavy atom. The minimum atomic E-state index is 0.757. The number of thiazole rings is 1. The Kier molecular flexibility index (Phi) is 4.18. The van der Waals surface area contributed by atoms with E-state index in [0.29, 0.717) is 0 Å². The van der Waals surface area contributed by atoms with E-state index in [-0.39, 0.29) is 0 Å². The first-order valence-electron chi connectivity index (χ1n) is 7.36. The van der Waals surface area contributed by atoms with Gasteiger partial charge in [0.2, 0.25) is 0 Å². The molecule has 0 amide bonds. The Morgan fingerprint density at radius 2 is 1.96 bits per heavy atom. The van der Waals surface area contributed by atoms with Gasteiger partial charge < -0.3 is 4.74 Å². The van der Waals surface area contributed by atoms with Crippen molar-refractivity contribution < 1.29 is 4.74 Å². The normalized spacial score (nSPS) is 11.0. The van der Waals surface area contributed by atoms with Gasteiger partial charge in [-0.3, -0.25) is 4.57 Å². The molecule has 120 valence electrons. The molecule has 2 heterocycles. The number of para-hydroxylation sites is 3. The second-order valence-corrected chi connectivity index (χ2v) is 7.08. The highest BCUT2D eigenvalue weighted by molar-refractivity contribution is 7.98. The van der Waals surface area contributed by atoms with Gasteiger partial charge in [0.05, 0.1) is 28.8 Å². The molecule has 7 heteroatoms. The lowest BCUT2D eigenvalue weighted by Gasteiger charge is -2.10. The van der Waals surface area contributed by atoms with Crippen molar-refractivity contribution in [1.82, 2.24) is 19.7 Å². The quantitative estimate of drug-likeness (QED) is 0.503. The maximum absolute atomic E-state index is 5.43. The van der Waals surface area contributed by atoms with Crippen LogP contribution in [0.1, 0.15) is 5.01 Å². The fourth-order valence-corrected chi connectivity index (χ4v) is 4.31. The van der Waals surface area contributed by atoms with Gasteiger partial charge in [0.1, 0.15) is 17.1 Å².